The van der Waals surface area contributed by atoms with Crippen molar-refractivity contribution in [3.63, 3.8) is 0 Å². The summed E-state index contributed by atoms with van der Waals surface area (Å²) in [5, 5.41) is 5.10. The minimum atomic E-state index is 1.10. The molecule has 0 aliphatic rings. The summed E-state index contributed by atoms with van der Waals surface area (Å²) in [5.41, 5.74) is 13.0. The second-order valence-electron chi connectivity index (χ2n) is 13.7. The van der Waals surface area contributed by atoms with Crippen molar-refractivity contribution in [3.05, 3.63) is 212 Å². The smallest absolute Gasteiger partial charge is 0.0540 e. The summed E-state index contributed by atoms with van der Waals surface area (Å²) >= 11 is 1.88. The first-order chi connectivity index (χ1) is 26.8. The maximum Gasteiger partial charge on any atom is 0.0540 e. The topological polar surface area (TPSA) is 3.24 Å². The van der Waals surface area contributed by atoms with E-state index in [4.69, 9.17) is 0 Å². The number of fused-ring (bicyclic) bond motifs is 4. The summed E-state index contributed by atoms with van der Waals surface area (Å²) < 4.78 is 2.64. The summed E-state index contributed by atoms with van der Waals surface area (Å²) in [6.07, 6.45) is 0. The zero-order chi connectivity index (χ0) is 35.8. The number of para-hydroxylation sites is 1. The molecule has 0 radical (unpaired) electrons. The second-order valence-corrected chi connectivity index (χ2v) is 14.8. The van der Waals surface area contributed by atoms with Gasteiger partial charge >= 0.3 is 0 Å². The van der Waals surface area contributed by atoms with E-state index in [0.717, 1.165) is 17.1 Å². The van der Waals surface area contributed by atoms with Crippen molar-refractivity contribution in [1.29, 1.82) is 0 Å². The van der Waals surface area contributed by atoms with E-state index in [0.29, 0.717) is 0 Å². The molecule has 0 bridgehead atoms. The molecule has 1 heterocycles. The molecule has 0 atom stereocenters. The summed E-state index contributed by atoms with van der Waals surface area (Å²) in [7, 11) is 0. The van der Waals surface area contributed by atoms with Crippen LogP contribution in [0.2, 0.25) is 0 Å². The molecule has 1 nitrogen and oxygen atoms in total. The molecule has 10 rings (SSSR count). The Morgan fingerprint density at radius 1 is 0.315 bits per heavy atom. The molecule has 0 unspecified atom stereocenters. The standard InChI is InChI=1S/C52H35NS/c1-2-12-36(13-3-1)38-24-26-39(27-25-38)40-30-32-44(33-31-40)53(50-22-8-6-18-46(50)43-29-28-37-14-4-5-15-41(37)34-43)45-17-10-16-42(35-45)47-20-11-21-49-48-19-7-9-23-51(48)54-52(47)49/h1-35H. The number of benzene rings is 9. The summed E-state index contributed by atoms with van der Waals surface area (Å²) in [6, 6.07) is 77.1. The Labute approximate surface area is 319 Å². The highest BCUT2D eigenvalue weighted by atomic mass is 32.1. The highest BCUT2D eigenvalue weighted by Crippen LogP contribution is 2.45. The van der Waals surface area contributed by atoms with Gasteiger partial charge in [0, 0.05) is 37.1 Å². The highest BCUT2D eigenvalue weighted by molar-refractivity contribution is 7.26. The molecule has 0 fully saturated rings. The maximum atomic E-state index is 2.42. The lowest BCUT2D eigenvalue weighted by molar-refractivity contribution is 1.28. The number of anilines is 3. The van der Waals surface area contributed by atoms with Gasteiger partial charge < -0.3 is 4.90 Å². The van der Waals surface area contributed by atoms with E-state index < -0.39 is 0 Å². The molecule has 0 spiro atoms. The van der Waals surface area contributed by atoms with Crippen LogP contribution in [-0.4, -0.2) is 0 Å². The first kappa shape index (κ1) is 32.0. The molecule has 254 valence electrons. The third-order valence-corrected chi connectivity index (χ3v) is 11.7. The monoisotopic (exact) mass is 705 g/mol. The Kier molecular flexibility index (Phi) is 8.09. The van der Waals surface area contributed by atoms with Crippen LogP contribution in [0.25, 0.3) is 75.5 Å². The third-order valence-electron chi connectivity index (χ3n) is 10.5. The van der Waals surface area contributed by atoms with Crippen molar-refractivity contribution in [1.82, 2.24) is 0 Å². The summed E-state index contributed by atoms with van der Waals surface area (Å²) in [6.45, 7) is 0. The quantitative estimate of drug-likeness (QED) is 0.160. The normalized spacial score (nSPS) is 11.3. The van der Waals surface area contributed by atoms with Gasteiger partial charge in [-0.3, -0.25) is 0 Å². The Hall–Kier alpha value is -6.74. The Balaban J connectivity index is 1.10. The Morgan fingerprint density at radius 3 is 1.69 bits per heavy atom. The molecular weight excluding hydrogens is 671 g/mol. The molecule has 0 saturated carbocycles. The first-order valence-corrected chi connectivity index (χ1v) is 19.2. The SMILES string of the molecule is c1ccc(-c2ccc(-c3ccc(N(c4cccc(-c5cccc6c5sc5ccccc56)c4)c4ccccc4-c4ccc5ccccc5c4)cc3)cc2)cc1. The fourth-order valence-electron chi connectivity index (χ4n) is 7.77. The molecular formula is C52H35NS. The van der Waals surface area contributed by atoms with Crippen LogP contribution in [0.15, 0.2) is 212 Å². The highest BCUT2D eigenvalue weighted by Gasteiger charge is 2.19. The molecule has 1 aromatic heterocycles. The van der Waals surface area contributed by atoms with Gasteiger partial charge in [0.1, 0.15) is 0 Å². The van der Waals surface area contributed by atoms with E-state index >= 15 is 0 Å². The van der Waals surface area contributed by atoms with Gasteiger partial charge in [-0.15, -0.1) is 11.3 Å². The molecule has 0 amide bonds. The predicted octanol–water partition coefficient (Wildman–Crippen LogP) is 15.3. The van der Waals surface area contributed by atoms with E-state index in [9.17, 15) is 0 Å². The summed E-state index contributed by atoms with van der Waals surface area (Å²) in [5.74, 6) is 0. The van der Waals surface area contributed by atoms with Gasteiger partial charge in [0.15, 0.2) is 0 Å². The van der Waals surface area contributed by atoms with Crippen LogP contribution in [-0.2, 0) is 0 Å². The van der Waals surface area contributed by atoms with Crippen LogP contribution in [0.3, 0.4) is 0 Å². The van der Waals surface area contributed by atoms with Gasteiger partial charge in [-0.05, 0) is 92.2 Å². The lowest BCUT2D eigenvalue weighted by Gasteiger charge is -2.28. The van der Waals surface area contributed by atoms with Crippen LogP contribution in [0.4, 0.5) is 17.1 Å². The second kappa shape index (κ2) is 13.7. The fraction of sp³-hybridized carbons (Fsp3) is 0. The molecule has 10 aromatic rings. The zero-order valence-corrected chi connectivity index (χ0v) is 30.4. The van der Waals surface area contributed by atoms with E-state index in [1.165, 1.54) is 75.5 Å². The molecule has 0 aliphatic heterocycles. The zero-order valence-electron chi connectivity index (χ0n) is 29.6. The van der Waals surface area contributed by atoms with Crippen LogP contribution < -0.4 is 4.90 Å². The minimum Gasteiger partial charge on any atom is -0.310 e. The van der Waals surface area contributed by atoms with Crippen LogP contribution in [0, 0.1) is 0 Å². The van der Waals surface area contributed by atoms with Gasteiger partial charge in [-0.2, -0.15) is 0 Å². The van der Waals surface area contributed by atoms with Crippen molar-refractivity contribution < 1.29 is 0 Å². The average molecular weight is 706 g/mol. The molecule has 54 heavy (non-hydrogen) atoms. The average Bonchev–Trinajstić information content (AvgIpc) is 3.64. The number of thiophene rings is 1. The fourth-order valence-corrected chi connectivity index (χ4v) is 9.01. The Bertz CT molecular complexity index is 2920. The maximum absolute atomic E-state index is 2.42. The Morgan fingerprint density at radius 2 is 0.870 bits per heavy atom. The third kappa shape index (κ3) is 5.84. The van der Waals surface area contributed by atoms with E-state index in [1.807, 2.05) is 11.3 Å². The minimum absolute atomic E-state index is 1.10. The van der Waals surface area contributed by atoms with Gasteiger partial charge in [-0.25, -0.2) is 0 Å². The lowest BCUT2D eigenvalue weighted by atomic mass is 9.97. The van der Waals surface area contributed by atoms with E-state index in [2.05, 4.69) is 217 Å². The largest absolute Gasteiger partial charge is 0.310 e. The van der Waals surface area contributed by atoms with Crippen molar-refractivity contribution in [2.45, 2.75) is 0 Å². The van der Waals surface area contributed by atoms with E-state index in [-0.39, 0.29) is 0 Å². The molecule has 2 heteroatoms. The van der Waals surface area contributed by atoms with Crippen LogP contribution in [0.5, 0.6) is 0 Å². The number of hydrogen-bond donors (Lipinski definition) is 0. The van der Waals surface area contributed by atoms with Crippen molar-refractivity contribution >= 4 is 59.3 Å². The molecule has 9 aromatic carbocycles. The van der Waals surface area contributed by atoms with Crippen LogP contribution in [0.1, 0.15) is 0 Å². The molecule has 0 aliphatic carbocycles. The number of hydrogen-bond acceptors (Lipinski definition) is 2. The van der Waals surface area contributed by atoms with Gasteiger partial charge in [0.05, 0.1) is 5.69 Å². The van der Waals surface area contributed by atoms with Gasteiger partial charge in [0.2, 0.25) is 0 Å². The van der Waals surface area contributed by atoms with Gasteiger partial charge in [0.25, 0.3) is 0 Å². The van der Waals surface area contributed by atoms with Crippen LogP contribution >= 0.6 is 11.3 Å². The number of rotatable bonds is 7. The van der Waals surface area contributed by atoms with E-state index in [1.54, 1.807) is 0 Å². The van der Waals surface area contributed by atoms with Crippen molar-refractivity contribution in [2.75, 3.05) is 4.90 Å². The van der Waals surface area contributed by atoms with Gasteiger partial charge in [-0.1, -0.05) is 170 Å². The first-order valence-electron chi connectivity index (χ1n) is 18.4. The number of nitrogens with zero attached hydrogens (tertiary/aromatic N) is 1. The predicted molar refractivity (Wildman–Crippen MR) is 233 cm³/mol. The lowest BCUT2D eigenvalue weighted by Crippen LogP contribution is -2.11. The van der Waals surface area contributed by atoms with Crippen molar-refractivity contribution in [3.8, 4) is 44.5 Å². The molecule has 0 saturated heterocycles. The molecule has 0 N–H and O–H groups in total. The summed E-state index contributed by atoms with van der Waals surface area (Å²) in [4.78, 5) is 2.42. The van der Waals surface area contributed by atoms with Crippen molar-refractivity contribution in [2.24, 2.45) is 0 Å².